The molecule has 74 valence electrons. The predicted octanol–water partition coefficient (Wildman–Crippen LogP) is -0.120. The zero-order valence-corrected chi connectivity index (χ0v) is 8.08. The lowest BCUT2D eigenvalue weighted by Gasteiger charge is -2.56. The number of methoxy groups -OCH3 is 1. The van der Waals surface area contributed by atoms with Crippen LogP contribution < -0.4 is 0 Å². The molecule has 0 aromatic rings. The van der Waals surface area contributed by atoms with Gasteiger partial charge in [0, 0.05) is 18.5 Å². The number of carbonyl (C=O) groups excluding carboxylic acids is 1. The molecule has 0 bridgehead atoms. The van der Waals surface area contributed by atoms with Crippen molar-refractivity contribution in [2.75, 3.05) is 33.4 Å². The molecule has 2 saturated heterocycles. The van der Waals surface area contributed by atoms with Crippen LogP contribution in [-0.4, -0.2) is 50.3 Å². The Balaban J connectivity index is 1.82. The van der Waals surface area contributed by atoms with Gasteiger partial charge in [-0.3, -0.25) is 9.69 Å². The summed E-state index contributed by atoms with van der Waals surface area (Å²) in [6.07, 6.45) is 0. The van der Waals surface area contributed by atoms with E-state index in [9.17, 15) is 4.79 Å². The minimum Gasteiger partial charge on any atom is -0.468 e. The molecule has 4 nitrogen and oxygen atoms in total. The van der Waals surface area contributed by atoms with Crippen molar-refractivity contribution < 1.29 is 14.3 Å². The highest BCUT2D eigenvalue weighted by molar-refractivity contribution is 5.75. The van der Waals surface area contributed by atoms with Crippen molar-refractivity contribution in [3.05, 3.63) is 0 Å². The lowest BCUT2D eigenvalue weighted by atomic mass is 9.77. The Bertz CT molecular complexity index is 217. The molecular weight excluding hydrogens is 170 g/mol. The summed E-state index contributed by atoms with van der Waals surface area (Å²) in [5, 5.41) is 0. The number of likely N-dealkylation sites (tertiary alicyclic amines) is 1. The summed E-state index contributed by atoms with van der Waals surface area (Å²) in [7, 11) is 1.43. The van der Waals surface area contributed by atoms with Gasteiger partial charge in [-0.25, -0.2) is 0 Å². The first-order chi connectivity index (χ1) is 6.17. The molecular formula is C9H15NO3. The molecule has 2 rings (SSSR count). The van der Waals surface area contributed by atoms with Crippen LogP contribution in [0.5, 0.6) is 0 Å². The van der Waals surface area contributed by atoms with Crippen LogP contribution in [0.2, 0.25) is 0 Å². The zero-order valence-electron chi connectivity index (χ0n) is 8.08. The van der Waals surface area contributed by atoms with E-state index in [0.29, 0.717) is 5.41 Å². The average molecular weight is 185 g/mol. The molecule has 1 atom stereocenters. The first-order valence-electron chi connectivity index (χ1n) is 4.56. The van der Waals surface area contributed by atoms with Crippen LogP contribution in [0.1, 0.15) is 6.92 Å². The summed E-state index contributed by atoms with van der Waals surface area (Å²) in [5.74, 6) is -0.143. The number of carbonyl (C=O) groups is 1. The average Bonchev–Trinajstić information content (AvgIpc) is 1.97. The number of hydrogen-bond donors (Lipinski definition) is 0. The summed E-state index contributed by atoms with van der Waals surface area (Å²) in [5.41, 5.74) is 0.377. The molecule has 4 heteroatoms. The van der Waals surface area contributed by atoms with Gasteiger partial charge in [-0.2, -0.15) is 0 Å². The van der Waals surface area contributed by atoms with Gasteiger partial charge in [-0.15, -0.1) is 0 Å². The van der Waals surface area contributed by atoms with E-state index >= 15 is 0 Å². The van der Waals surface area contributed by atoms with Gasteiger partial charge >= 0.3 is 5.97 Å². The van der Waals surface area contributed by atoms with Crippen molar-refractivity contribution in [2.24, 2.45) is 5.41 Å². The van der Waals surface area contributed by atoms with Crippen LogP contribution in [0, 0.1) is 5.41 Å². The second-order valence-corrected chi connectivity index (χ2v) is 4.10. The van der Waals surface area contributed by atoms with Crippen molar-refractivity contribution in [2.45, 2.75) is 13.0 Å². The Morgan fingerprint density at radius 2 is 2.15 bits per heavy atom. The van der Waals surface area contributed by atoms with E-state index in [0.717, 1.165) is 26.3 Å². The van der Waals surface area contributed by atoms with E-state index in [1.54, 1.807) is 0 Å². The maximum atomic E-state index is 11.2. The van der Waals surface area contributed by atoms with E-state index < -0.39 is 0 Å². The molecule has 2 aliphatic rings. The minimum absolute atomic E-state index is 0.101. The number of nitrogens with zero attached hydrogens (tertiary/aromatic N) is 1. The van der Waals surface area contributed by atoms with Gasteiger partial charge in [0.2, 0.25) is 0 Å². The molecule has 1 spiro atoms. The number of ether oxygens (including phenoxy) is 2. The molecule has 0 aromatic carbocycles. The minimum atomic E-state index is -0.143. The van der Waals surface area contributed by atoms with Gasteiger partial charge in [0.25, 0.3) is 0 Å². The molecule has 0 saturated carbocycles. The van der Waals surface area contributed by atoms with E-state index in [2.05, 4.69) is 9.64 Å². The van der Waals surface area contributed by atoms with Crippen molar-refractivity contribution >= 4 is 5.97 Å². The summed E-state index contributed by atoms with van der Waals surface area (Å²) >= 11 is 0. The van der Waals surface area contributed by atoms with Gasteiger partial charge in [0.05, 0.1) is 20.3 Å². The Morgan fingerprint density at radius 1 is 1.54 bits per heavy atom. The van der Waals surface area contributed by atoms with Crippen LogP contribution >= 0.6 is 0 Å². The largest absolute Gasteiger partial charge is 0.468 e. The van der Waals surface area contributed by atoms with E-state index in [4.69, 9.17) is 4.74 Å². The van der Waals surface area contributed by atoms with E-state index in [1.807, 2.05) is 6.92 Å². The van der Waals surface area contributed by atoms with E-state index in [-0.39, 0.29) is 12.0 Å². The molecule has 0 aromatic heterocycles. The SMILES string of the molecule is COC(=O)[C@@H](C)N1CC2(COC2)C1. The normalized spacial score (nSPS) is 27.5. The predicted molar refractivity (Wildman–Crippen MR) is 46.3 cm³/mol. The summed E-state index contributed by atoms with van der Waals surface area (Å²) < 4.78 is 9.83. The second-order valence-electron chi connectivity index (χ2n) is 4.10. The maximum Gasteiger partial charge on any atom is 0.322 e. The van der Waals surface area contributed by atoms with Crippen molar-refractivity contribution in [1.82, 2.24) is 4.90 Å². The Hall–Kier alpha value is -0.610. The van der Waals surface area contributed by atoms with Gasteiger partial charge in [-0.05, 0) is 6.92 Å². The number of hydrogen-bond acceptors (Lipinski definition) is 4. The molecule has 0 unspecified atom stereocenters. The highest BCUT2D eigenvalue weighted by Gasteiger charge is 2.51. The third kappa shape index (κ3) is 1.34. The van der Waals surface area contributed by atoms with Gasteiger partial charge in [-0.1, -0.05) is 0 Å². The first kappa shape index (κ1) is 8.97. The van der Waals surface area contributed by atoms with Crippen LogP contribution in [0.4, 0.5) is 0 Å². The number of esters is 1. The first-order valence-corrected chi connectivity index (χ1v) is 4.56. The third-order valence-electron chi connectivity index (χ3n) is 2.98. The van der Waals surface area contributed by atoms with Crippen LogP contribution in [0.25, 0.3) is 0 Å². The molecule has 2 heterocycles. The highest BCUT2D eigenvalue weighted by atomic mass is 16.5. The lowest BCUT2D eigenvalue weighted by Crippen LogP contribution is -2.68. The Labute approximate surface area is 77.8 Å². The molecule has 0 aliphatic carbocycles. The lowest BCUT2D eigenvalue weighted by molar-refractivity contribution is -0.202. The van der Waals surface area contributed by atoms with Crippen LogP contribution in [0.3, 0.4) is 0 Å². The summed E-state index contributed by atoms with van der Waals surface area (Å²) in [4.78, 5) is 13.3. The Morgan fingerprint density at radius 3 is 2.54 bits per heavy atom. The molecule has 0 radical (unpaired) electrons. The van der Waals surface area contributed by atoms with Crippen LogP contribution in [-0.2, 0) is 14.3 Å². The fourth-order valence-electron chi connectivity index (χ4n) is 1.98. The fourth-order valence-corrected chi connectivity index (χ4v) is 1.98. The van der Waals surface area contributed by atoms with Gasteiger partial charge in [0.15, 0.2) is 0 Å². The van der Waals surface area contributed by atoms with Crippen molar-refractivity contribution in [3.63, 3.8) is 0 Å². The zero-order chi connectivity index (χ0) is 9.47. The number of rotatable bonds is 2. The molecule has 2 fully saturated rings. The highest BCUT2D eigenvalue weighted by Crippen LogP contribution is 2.38. The fraction of sp³-hybridized carbons (Fsp3) is 0.889. The summed E-state index contributed by atoms with van der Waals surface area (Å²) in [6, 6.07) is -0.101. The van der Waals surface area contributed by atoms with Crippen molar-refractivity contribution in [1.29, 1.82) is 0 Å². The smallest absolute Gasteiger partial charge is 0.322 e. The van der Waals surface area contributed by atoms with Gasteiger partial charge < -0.3 is 9.47 Å². The van der Waals surface area contributed by atoms with E-state index in [1.165, 1.54) is 7.11 Å². The molecule has 2 aliphatic heterocycles. The summed E-state index contributed by atoms with van der Waals surface area (Å²) in [6.45, 7) is 5.56. The monoisotopic (exact) mass is 185 g/mol. The topological polar surface area (TPSA) is 38.8 Å². The third-order valence-corrected chi connectivity index (χ3v) is 2.98. The second kappa shape index (κ2) is 2.96. The quantitative estimate of drug-likeness (QED) is 0.562. The standard InChI is InChI=1S/C9H15NO3/c1-7(8(11)12-2)10-3-9(4-10)5-13-6-9/h7H,3-6H2,1-2H3/t7-/m1/s1. The Kier molecular flexibility index (Phi) is 2.04. The van der Waals surface area contributed by atoms with Gasteiger partial charge in [0.1, 0.15) is 6.04 Å². The molecule has 0 N–H and O–H groups in total. The molecule has 13 heavy (non-hydrogen) atoms. The maximum absolute atomic E-state index is 11.2. The molecule has 0 amide bonds. The van der Waals surface area contributed by atoms with Crippen LogP contribution in [0.15, 0.2) is 0 Å². The van der Waals surface area contributed by atoms with Crippen molar-refractivity contribution in [3.8, 4) is 0 Å².